The van der Waals surface area contributed by atoms with Crippen LogP contribution in [0.25, 0.3) is 11.3 Å². The molecule has 1 heterocycles. The van der Waals surface area contributed by atoms with Crippen LogP contribution in [0.2, 0.25) is 0 Å². The molecule has 0 unspecified atom stereocenters. The van der Waals surface area contributed by atoms with Gasteiger partial charge in [-0.2, -0.15) is 5.10 Å². The third-order valence-electron chi connectivity index (χ3n) is 3.39. The Morgan fingerprint density at radius 3 is 2.75 bits per heavy atom. The van der Waals surface area contributed by atoms with Crippen molar-refractivity contribution in [1.29, 1.82) is 0 Å². The van der Waals surface area contributed by atoms with Gasteiger partial charge in [-0.3, -0.25) is 4.79 Å². The smallest absolute Gasteiger partial charge is 0.277 e. The molecule has 0 saturated heterocycles. The number of hydrazone groups is 1. The number of nitrogens with one attached hydrogen (secondary N) is 1. The summed E-state index contributed by atoms with van der Waals surface area (Å²) in [5, 5.41) is 17.3. The molecule has 0 saturated carbocycles. The fourth-order valence-corrected chi connectivity index (χ4v) is 2.26. The van der Waals surface area contributed by atoms with E-state index in [-0.39, 0.29) is 5.75 Å². The van der Waals surface area contributed by atoms with Gasteiger partial charge in [0, 0.05) is 5.56 Å². The van der Waals surface area contributed by atoms with E-state index in [0.29, 0.717) is 22.6 Å². The lowest BCUT2D eigenvalue weighted by atomic mass is 10.1. The Bertz CT molecular complexity index is 886. The van der Waals surface area contributed by atoms with Gasteiger partial charge in [-0.25, -0.2) is 5.43 Å². The van der Waals surface area contributed by atoms with Gasteiger partial charge in [0.15, 0.2) is 0 Å². The molecule has 1 amide bonds. The van der Waals surface area contributed by atoms with Crippen molar-refractivity contribution >= 4 is 12.1 Å². The fraction of sp³-hybridized carbons (Fsp3) is 0.0556. The summed E-state index contributed by atoms with van der Waals surface area (Å²) in [5.41, 5.74) is 4.72. The van der Waals surface area contributed by atoms with E-state index in [1.165, 1.54) is 12.3 Å². The quantitative estimate of drug-likeness (QED) is 0.571. The maximum absolute atomic E-state index is 12.4. The zero-order valence-corrected chi connectivity index (χ0v) is 12.9. The standard InChI is InChI=1S/C18H15N3O3/c1-12-16(17(21-24-12)14-7-3-2-4-8-14)18(23)20-19-11-13-6-5-9-15(22)10-13/h2-11,22H,1H3,(H,20,23). The minimum absolute atomic E-state index is 0.131. The number of aromatic hydroxyl groups is 1. The Morgan fingerprint density at radius 2 is 2.00 bits per heavy atom. The predicted octanol–water partition coefficient (Wildman–Crippen LogP) is 3.12. The number of amides is 1. The minimum Gasteiger partial charge on any atom is -0.508 e. The molecule has 3 rings (SSSR count). The molecule has 0 aliphatic heterocycles. The summed E-state index contributed by atoms with van der Waals surface area (Å²) in [5.74, 6) is 0.134. The van der Waals surface area contributed by atoms with E-state index in [2.05, 4.69) is 15.7 Å². The molecule has 6 nitrogen and oxygen atoms in total. The van der Waals surface area contributed by atoms with Crippen LogP contribution < -0.4 is 5.43 Å². The number of benzene rings is 2. The number of hydrogen-bond acceptors (Lipinski definition) is 5. The van der Waals surface area contributed by atoms with Crippen molar-refractivity contribution in [3.8, 4) is 17.0 Å². The number of carbonyl (C=O) groups is 1. The van der Waals surface area contributed by atoms with E-state index in [0.717, 1.165) is 5.56 Å². The molecule has 0 aliphatic carbocycles. The second-order valence-electron chi connectivity index (χ2n) is 5.12. The Morgan fingerprint density at radius 1 is 1.21 bits per heavy atom. The van der Waals surface area contributed by atoms with E-state index in [1.54, 1.807) is 25.1 Å². The van der Waals surface area contributed by atoms with Crippen LogP contribution in [0, 0.1) is 6.92 Å². The van der Waals surface area contributed by atoms with Crippen molar-refractivity contribution in [2.75, 3.05) is 0 Å². The Balaban J connectivity index is 1.80. The molecule has 2 aromatic carbocycles. The van der Waals surface area contributed by atoms with Gasteiger partial charge in [-0.05, 0) is 24.6 Å². The van der Waals surface area contributed by atoms with Crippen LogP contribution in [0.1, 0.15) is 21.7 Å². The number of carbonyl (C=O) groups excluding carboxylic acids is 1. The molecule has 3 aromatic rings. The molecule has 6 heteroatoms. The highest BCUT2D eigenvalue weighted by molar-refractivity contribution is 6.01. The number of nitrogens with zero attached hydrogens (tertiary/aromatic N) is 2. The van der Waals surface area contributed by atoms with Crippen molar-refractivity contribution in [2.24, 2.45) is 5.10 Å². The highest BCUT2D eigenvalue weighted by atomic mass is 16.5. The van der Waals surface area contributed by atoms with E-state index < -0.39 is 5.91 Å². The van der Waals surface area contributed by atoms with Crippen LogP contribution in [0.15, 0.2) is 64.2 Å². The Hall–Kier alpha value is -3.41. The Kier molecular flexibility index (Phi) is 4.38. The molecule has 0 fully saturated rings. The first-order chi connectivity index (χ1) is 11.6. The second kappa shape index (κ2) is 6.78. The van der Waals surface area contributed by atoms with Crippen LogP contribution in [0.5, 0.6) is 5.75 Å². The molecule has 0 bridgehead atoms. The number of rotatable bonds is 4. The third-order valence-corrected chi connectivity index (χ3v) is 3.39. The minimum atomic E-state index is -0.413. The molecule has 1 aromatic heterocycles. The van der Waals surface area contributed by atoms with Crippen molar-refractivity contribution in [3.63, 3.8) is 0 Å². The Labute approximate surface area is 138 Å². The molecule has 0 radical (unpaired) electrons. The first-order valence-corrected chi connectivity index (χ1v) is 7.29. The predicted molar refractivity (Wildman–Crippen MR) is 89.8 cm³/mol. The van der Waals surface area contributed by atoms with Gasteiger partial charge < -0.3 is 9.63 Å². The number of phenolic OH excluding ortho intramolecular Hbond substituents is 1. The van der Waals surface area contributed by atoms with Crippen molar-refractivity contribution in [1.82, 2.24) is 10.6 Å². The van der Waals surface area contributed by atoms with Crippen molar-refractivity contribution in [3.05, 3.63) is 71.5 Å². The van der Waals surface area contributed by atoms with Crippen LogP contribution in [-0.2, 0) is 0 Å². The first kappa shape index (κ1) is 15.5. The zero-order valence-electron chi connectivity index (χ0n) is 12.9. The topological polar surface area (TPSA) is 87.7 Å². The summed E-state index contributed by atoms with van der Waals surface area (Å²) < 4.78 is 5.16. The van der Waals surface area contributed by atoms with Gasteiger partial charge in [-0.15, -0.1) is 0 Å². The fourth-order valence-electron chi connectivity index (χ4n) is 2.26. The highest BCUT2D eigenvalue weighted by Gasteiger charge is 2.21. The maximum atomic E-state index is 12.4. The molecule has 0 aliphatic rings. The van der Waals surface area contributed by atoms with E-state index in [1.807, 2.05) is 30.3 Å². The molecule has 0 spiro atoms. The number of hydrogen-bond donors (Lipinski definition) is 2. The lowest BCUT2D eigenvalue weighted by Crippen LogP contribution is -2.18. The third kappa shape index (κ3) is 3.33. The number of aryl methyl sites for hydroxylation is 1. The number of aromatic nitrogens is 1. The highest BCUT2D eigenvalue weighted by Crippen LogP contribution is 2.24. The van der Waals surface area contributed by atoms with Gasteiger partial charge in [0.1, 0.15) is 22.8 Å². The van der Waals surface area contributed by atoms with Crippen molar-refractivity contribution < 1.29 is 14.4 Å². The molecular weight excluding hydrogens is 306 g/mol. The molecule has 120 valence electrons. The average molecular weight is 321 g/mol. The summed E-state index contributed by atoms with van der Waals surface area (Å²) in [6.45, 7) is 1.67. The summed E-state index contributed by atoms with van der Waals surface area (Å²) in [6, 6.07) is 15.9. The van der Waals surface area contributed by atoms with Gasteiger partial charge in [0.25, 0.3) is 5.91 Å². The lowest BCUT2D eigenvalue weighted by Gasteiger charge is -2.01. The van der Waals surface area contributed by atoms with Crippen LogP contribution >= 0.6 is 0 Å². The molecule has 2 N–H and O–H groups in total. The van der Waals surface area contributed by atoms with Gasteiger partial charge in [0.05, 0.1) is 6.21 Å². The first-order valence-electron chi connectivity index (χ1n) is 7.29. The van der Waals surface area contributed by atoms with Crippen LogP contribution in [0.3, 0.4) is 0 Å². The van der Waals surface area contributed by atoms with Crippen LogP contribution in [0.4, 0.5) is 0 Å². The molecular formula is C18H15N3O3. The van der Waals surface area contributed by atoms with E-state index in [4.69, 9.17) is 4.52 Å². The monoisotopic (exact) mass is 321 g/mol. The van der Waals surface area contributed by atoms with Crippen molar-refractivity contribution in [2.45, 2.75) is 6.92 Å². The maximum Gasteiger partial charge on any atom is 0.277 e. The van der Waals surface area contributed by atoms with Gasteiger partial charge in [-0.1, -0.05) is 47.6 Å². The molecule has 0 atom stereocenters. The van der Waals surface area contributed by atoms with E-state index >= 15 is 0 Å². The van der Waals surface area contributed by atoms with Gasteiger partial charge >= 0.3 is 0 Å². The summed E-state index contributed by atoms with van der Waals surface area (Å²) in [7, 11) is 0. The van der Waals surface area contributed by atoms with E-state index in [9.17, 15) is 9.90 Å². The zero-order chi connectivity index (χ0) is 16.9. The average Bonchev–Trinajstić information content (AvgIpc) is 2.97. The summed E-state index contributed by atoms with van der Waals surface area (Å²) in [4.78, 5) is 12.4. The SMILES string of the molecule is Cc1onc(-c2ccccc2)c1C(=O)NN=Cc1cccc(O)c1. The lowest BCUT2D eigenvalue weighted by molar-refractivity contribution is 0.0954. The summed E-state index contributed by atoms with van der Waals surface area (Å²) >= 11 is 0. The normalized spacial score (nSPS) is 10.9. The second-order valence-corrected chi connectivity index (χ2v) is 5.12. The van der Waals surface area contributed by atoms with Gasteiger partial charge in [0.2, 0.25) is 0 Å². The molecule has 24 heavy (non-hydrogen) atoms. The largest absolute Gasteiger partial charge is 0.508 e. The number of phenols is 1. The summed E-state index contributed by atoms with van der Waals surface area (Å²) in [6.07, 6.45) is 1.45. The van der Waals surface area contributed by atoms with Crippen LogP contribution in [-0.4, -0.2) is 22.4 Å².